The van der Waals surface area contributed by atoms with E-state index in [1.54, 1.807) is 10.4 Å². The Balaban J connectivity index is 2.08. The van der Waals surface area contributed by atoms with Gasteiger partial charge in [-0.25, -0.2) is 0 Å². The standard InChI is InChI=1S/C12H20N2S/c1-3-5-14-6-4-11-10(7-13-2)9-15-12(11)8-14/h9,13H,3-8H2,1-2H3. The summed E-state index contributed by atoms with van der Waals surface area (Å²) in [6.07, 6.45) is 2.51. The minimum absolute atomic E-state index is 1.03. The van der Waals surface area contributed by atoms with Crippen LogP contribution in [-0.4, -0.2) is 25.0 Å². The van der Waals surface area contributed by atoms with E-state index in [0.717, 1.165) is 6.54 Å². The highest BCUT2D eigenvalue weighted by molar-refractivity contribution is 7.10. The van der Waals surface area contributed by atoms with Gasteiger partial charge in [-0.15, -0.1) is 11.3 Å². The fourth-order valence-corrected chi connectivity index (χ4v) is 3.44. The summed E-state index contributed by atoms with van der Waals surface area (Å²) in [7, 11) is 2.02. The molecule has 0 radical (unpaired) electrons. The zero-order chi connectivity index (χ0) is 10.7. The van der Waals surface area contributed by atoms with Crippen molar-refractivity contribution in [3.05, 3.63) is 21.4 Å². The first-order valence-corrected chi connectivity index (χ1v) is 6.68. The van der Waals surface area contributed by atoms with E-state index in [1.807, 2.05) is 18.4 Å². The largest absolute Gasteiger partial charge is 0.316 e. The summed E-state index contributed by atoms with van der Waals surface area (Å²) in [6, 6.07) is 0. The molecule has 15 heavy (non-hydrogen) atoms. The summed E-state index contributed by atoms with van der Waals surface area (Å²) in [5.41, 5.74) is 3.15. The van der Waals surface area contributed by atoms with Gasteiger partial charge in [-0.2, -0.15) is 0 Å². The first kappa shape index (κ1) is 11.1. The predicted octanol–water partition coefficient (Wildman–Crippen LogP) is 2.24. The second-order valence-electron chi connectivity index (χ2n) is 4.22. The number of thiophene rings is 1. The van der Waals surface area contributed by atoms with E-state index < -0.39 is 0 Å². The van der Waals surface area contributed by atoms with E-state index in [9.17, 15) is 0 Å². The normalized spacial score (nSPS) is 16.7. The molecule has 1 aliphatic rings. The van der Waals surface area contributed by atoms with Crippen LogP contribution in [0.4, 0.5) is 0 Å². The fourth-order valence-electron chi connectivity index (χ4n) is 2.29. The summed E-state index contributed by atoms with van der Waals surface area (Å²) in [5, 5.41) is 5.58. The van der Waals surface area contributed by atoms with Crippen LogP contribution in [0.2, 0.25) is 0 Å². The molecule has 0 spiro atoms. The number of nitrogens with one attached hydrogen (secondary N) is 1. The Morgan fingerprint density at radius 2 is 2.40 bits per heavy atom. The fraction of sp³-hybridized carbons (Fsp3) is 0.667. The van der Waals surface area contributed by atoms with E-state index in [2.05, 4.69) is 22.5 Å². The molecule has 0 fully saturated rings. The van der Waals surface area contributed by atoms with Gasteiger partial charge in [-0.3, -0.25) is 4.90 Å². The molecule has 84 valence electrons. The second-order valence-corrected chi connectivity index (χ2v) is 5.18. The molecule has 0 atom stereocenters. The van der Waals surface area contributed by atoms with Crippen molar-refractivity contribution in [3.63, 3.8) is 0 Å². The summed E-state index contributed by atoms with van der Waals surface area (Å²) >= 11 is 1.94. The van der Waals surface area contributed by atoms with Crippen LogP contribution < -0.4 is 5.32 Å². The first-order chi connectivity index (χ1) is 7.35. The molecule has 2 rings (SSSR count). The van der Waals surface area contributed by atoms with Crippen molar-refractivity contribution in [2.45, 2.75) is 32.9 Å². The van der Waals surface area contributed by atoms with E-state index in [4.69, 9.17) is 0 Å². The lowest BCUT2D eigenvalue weighted by Gasteiger charge is -2.26. The number of hydrogen-bond acceptors (Lipinski definition) is 3. The molecular formula is C12H20N2S. The van der Waals surface area contributed by atoms with Crippen LogP contribution in [0.25, 0.3) is 0 Å². The Hall–Kier alpha value is -0.380. The molecule has 0 saturated heterocycles. The lowest BCUT2D eigenvalue weighted by atomic mass is 10.0. The van der Waals surface area contributed by atoms with Crippen molar-refractivity contribution >= 4 is 11.3 Å². The Morgan fingerprint density at radius 3 is 3.13 bits per heavy atom. The third-order valence-corrected chi connectivity index (χ3v) is 4.08. The monoisotopic (exact) mass is 224 g/mol. The molecule has 1 N–H and O–H groups in total. The van der Waals surface area contributed by atoms with Gasteiger partial charge in [-0.05, 0) is 42.9 Å². The van der Waals surface area contributed by atoms with Crippen molar-refractivity contribution in [2.24, 2.45) is 0 Å². The molecular weight excluding hydrogens is 204 g/mol. The van der Waals surface area contributed by atoms with Gasteiger partial charge < -0.3 is 5.32 Å². The van der Waals surface area contributed by atoms with Gasteiger partial charge in [0.25, 0.3) is 0 Å². The minimum atomic E-state index is 1.03. The van der Waals surface area contributed by atoms with Gasteiger partial charge >= 0.3 is 0 Å². The SMILES string of the molecule is CCCN1CCc2c(CNC)csc2C1. The highest BCUT2D eigenvalue weighted by Gasteiger charge is 2.19. The molecule has 0 aromatic carbocycles. The van der Waals surface area contributed by atoms with Crippen LogP contribution in [0.5, 0.6) is 0 Å². The number of fused-ring (bicyclic) bond motifs is 1. The number of nitrogens with zero attached hydrogens (tertiary/aromatic N) is 1. The van der Waals surface area contributed by atoms with Gasteiger partial charge in [0.05, 0.1) is 0 Å². The zero-order valence-electron chi connectivity index (χ0n) is 9.68. The quantitative estimate of drug-likeness (QED) is 0.844. The Bertz CT molecular complexity index is 319. The van der Waals surface area contributed by atoms with E-state index in [0.29, 0.717) is 0 Å². The maximum atomic E-state index is 3.25. The first-order valence-electron chi connectivity index (χ1n) is 5.80. The predicted molar refractivity (Wildman–Crippen MR) is 66.4 cm³/mol. The van der Waals surface area contributed by atoms with Gasteiger partial charge in [0, 0.05) is 24.5 Å². The van der Waals surface area contributed by atoms with Gasteiger partial charge in [0.1, 0.15) is 0 Å². The highest BCUT2D eigenvalue weighted by Crippen LogP contribution is 2.28. The van der Waals surface area contributed by atoms with Crippen molar-refractivity contribution in [1.82, 2.24) is 10.2 Å². The minimum Gasteiger partial charge on any atom is -0.316 e. The maximum absolute atomic E-state index is 3.25. The molecule has 1 aliphatic heterocycles. The average Bonchev–Trinajstić information content (AvgIpc) is 2.62. The smallest absolute Gasteiger partial charge is 0.0330 e. The molecule has 2 nitrogen and oxygen atoms in total. The summed E-state index contributed by atoms with van der Waals surface area (Å²) in [4.78, 5) is 4.17. The van der Waals surface area contributed by atoms with Crippen LogP contribution >= 0.6 is 11.3 Å². The van der Waals surface area contributed by atoms with Crippen molar-refractivity contribution in [3.8, 4) is 0 Å². The Kier molecular flexibility index (Phi) is 3.78. The third kappa shape index (κ3) is 2.41. The van der Waals surface area contributed by atoms with Crippen LogP contribution in [0.3, 0.4) is 0 Å². The average molecular weight is 224 g/mol. The molecule has 1 aromatic rings. The third-order valence-electron chi connectivity index (χ3n) is 3.02. The lowest BCUT2D eigenvalue weighted by Crippen LogP contribution is -2.30. The van der Waals surface area contributed by atoms with E-state index in [-0.39, 0.29) is 0 Å². The number of hydrogen-bond donors (Lipinski definition) is 1. The van der Waals surface area contributed by atoms with Crippen LogP contribution in [0.15, 0.2) is 5.38 Å². The van der Waals surface area contributed by atoms with Crippen LogP contribution in [0.1, 0.15) is 29.3 Å². The van der Waals surface area contributed by atoms with Crippen LogP contribution in [-0.2, 0) is 19.5 Å². The zero-order valence-corrected chi connectivity index (χ0v) is 10.5. The topological polar surface area (TPSA) is 15.3 Å². The summed E-state index contributed by atoms with van der Waals surface area (Å²) in [6.45, 7) is 6.96. The van der Waals surface area contributed by atoms with E-state index in [1.165, 1.54) is 38.0 Å². The molecule has 0 amide bonds. The molecule has 3 heteroatoms. The van der Waals surface area contributed by atoms with E-state index >= 15 is 0 Å². The second kappa shape index (κ2) is 5.10. The van der Waals surface area contributed by atoms with Crippen molar-refractivity contribution in [1.29, 1.82) is 0 Å². The van der Waals surface area contributed by atoms with Crippen LogP contribution in [0, 0.1) is 0 Å². The molecule has 0 unspecified atom stereocenters. The Labute approximate surface area is 96.3 Å². The molecule has 0 aliphatic carbocycles. The van der Waals surface area contributed by atoms with Gasteiger partial charge in [0.15, 0.2) is 0 Å². The Morgan fingerprint density at radius 1 is 1.53 bits per heavy atom. The molecule has 0 bridgehead atoms. The summed E-state index contributed by atoms with van der Waals surface area (Å²) < 4.78 is 0. The molecule has 1 aromatic heterocycles. The molecule has 0 saturated carbocycles. The lowest BCUT2D eigenvalue weighted by molar-refractivity contribution is 0.257. The van der Waals surface area contributed by atoms with Gasteiger partial charge in [-0.1, -0.05) is 6.92 Å². The molecule has 2 heterocycles. The van der Waals surface area contributed by atoms with Crippen molar-refractivity contribution < 1.29 is 0 Å². The van der Waals surface area contributed by atoms with Crippen molar-refractivity contribution in [2.75, 3.05) is 20.1 Å². The number of rotatable bonds is 4. The highest BCUT2D eigenvalue weighted by atomic mass is 32.1. The summed E-state index contributed by atoms with van der Waals surface area (Å²) in [5.74, 6) is 0. The maximum Gasteiger partial charge on any atom is 0.0330 e. The van der Waals surface area contributed by atoms with Gasteiger partial charge in [0.2, 0.25) is 0 Å².